The first-order valence-corrected chi connectivity index (χ1v) is 10.8. The minimum atomic E-state index is -0.455. The number of aromatic nitrogens is 2. The summed E-state index contributed by atoms with van der Waals surface area (Å²) in [6.07, 6.45) is 1.56. The molecule has 0 bridgehead atoms. The number of carbonyl (C=O) groups is 1. The summed E-state index contributed by atoms with van der Waals surface area (Å²) in [6, 6.07) is 30.4. The molecule has 34 heavy (non-hydrogen) atoms. The fourth-order valence-corrected chi connectivity index (χ4v) is 3.73. The number of aromatic amines is 1. The van der Waals surface area contributed by atoms with Crippen LogP contribution >= 0.6 is 0 Å². The van der Waals surface area contributed by atoms with E-state index in [2.05, 4.69) is 15.3 Å². The molecule has 0 aliphatic carbocycles. The van der Waals surface area contributed by atoms with E-state index in [1.807, 2.05) is 72.8 Å². The van der Waals surface area contributed by atoms with Gasteiger partial charge in [-0.2, -0.15) is 5.26 Å². The standard InChI is InChI=1S/C28H20N4O2/c29-17-21(28(33)32-24-11-5-7-20-6-1-2-8-23(20)24)16-19-12-14-22(15-13-19)34-18-27-30-25-9-3-4-10-26(25)31-27/h1-16H,18H2,(H,30,31)(H,32,33)/b21-16+. The third kappa shape index (κ3) is 4.50. The molecule has 0 saturated heterocycles. The van der Waals surface area contributed by atoms with Crippen molar-refractivity contribution < 1.29 is 9.53 Å². The lowest BCUT2D eigenvalue weighted by atomic mass is 10.1. The quantitative estimate of drug-likeness (QED) is 0.254. The number of imidazole rings is 1. The zero-order valence-corrected chi connectivity index (χ0v) is 18.2. The van der Waals surface area contributed by atoms with Gasteiger partial charge in [0.25, 0.3) is 5.91 Å². The van der Waals surface area contributed by atoms with E-state index in [1.165, 1.54) is 0 Å². The molecular weight excluding hydrogens is 424 g/mol. The van der Waals surface area contributed by atoms with Crippen molar-refractivity contribution in [1.82, 2.24) is 9.97 Å². The van der Waals surface area contributed by atoms with E-state index in [1.54, 1.807) is 30.3 Å². The number of H-pyrrole nitrogens is 1. The SMILES string of the molecule is N#C/C(=C\c1ccc(OCc2nc3ccccc3[nH]2)cc1)C(=O)Nc1cccc2ccccc12. The molecule has 5 aromatic rings. The van der Waals surface area contributed by atoms with E-state index < -0.39 is 5.91 Å². The van der Waals surface area contributed by atoms with Crippen LogP contribution in [0.4, 0.5) is 5.69 Å². The van der Waals surface area contributed by atoms with Crippen LogP contribution in [0, 0.1) is 11.3 Å². The first-order chi connectivity index (χ1) is 16.7. The molecule has 0 unspecified atom stereocenters. The third-order valence-electron chi connectivity index (χ3n) is 5.41. The molecule has 0 atom stereocenters. The largest absolute Gasteiger partial charge is 0.486 e. The van der Waals surface area contributed by atoms with Crippen LogP contribution in [0.5, 0.6) is 5.75 Å². The molecular formula is C28H20N4O2. The Hall–Kier alpha value is -4.89. The summed E-state index contributed by atoms with van der Waals surface area (Å²) < 4.78 is 5.82. The van der Waals surface area contributed by atoms with Crippen LogP contribution in [0.15, 0.2) is 96.6 Å². The summed E-state index contributed by atoms with van der Waals surface area (Å²) in [4.78, 5) is 20.5. The van der Waals surface area contributed by atoms with Gasteiger partial charge in [0.15, 0.2) is 0 Å². The van der Waals surface area contributed by atoms with Gasteiger partial charge < -0.3 is 15.0 Å². The number of rotatable bonds is 6. The maximum absolute atomic E-state index is 12.8. The zero-order valence-electron chi connectivity index (χ0n) is 18.2. The van der Waals surface area contributed by atoms with Crippen molar-refractivity contribution in [1.29, 1.82) is 5.26 Å². The smallest absolute Gasteiger partial charge is 0.266 e. The second-order valence-corrected chi connectivity index (χ2v) is 7.71. The molecule has 2 N–H and O–H groups in total. The lowest BCUT2D eigenvalue weighted by Gasteiger charge is -2.08. The number of carbonyl (C=O) groups excluding carboxylic acids is 1. The minimum absolute atomic E-state index is 0.0175. The highest BCUT2D eigenvalue weighted by Crippen LogP contribution is 2.24. The minimum Gasteiger partial charge on any atom is -0.486 e. The van der Waals surface area contributed by atoms with E-state index in [-0.39, 0.29) is 5.57 Å². The fourth-order valence-electron chi connectivity index (χ4n) is 3.73. The molecule has 164 valence electrons. The van der Waals surface area contributed by atoms with Crippen molar-refractivity contribution in [2.24, 2.45) is 0 Å². The van der Waals surface area contributed by atoms with Gasteiger partial charge in [0, 0.05) is 11.1 Å². The Balaban J connectivity index is 1.27. The molecule has 0 fully saturated rings. The number of nitrogens with one attached hydrogen (secondary N) is 2. The summed E-state index contributed by atoms with van der Waals surface area (Å²) in [5.41, 5.74) is 3.27. The number of hydrogen-bond donors (Lipinski definition) is 2. The molecule has 0 radical (unpaired) electrons. The lowest BCUT2D eigenvalue weighted by Crippen LogP contribution is -2.13. The first kappa shape index (κ1) is 21.0. The van der Waals surface area contributed by atoms with Gasteiger partial charge >= 0.3 is 0 Å². The molecule has 1 amide bonds. The second-order valence-electron chi connectivity index (χ2n) is 7.71. The number of nitriles is 1. The second kappa shape index (κ2) is 9.31. The van der Waals surface area contributed by atoms with Crippen molar-refractivity contribution in [2.45, 2.75) is 6.61 Å². The molecule has 6 heteroatoms. The highest BCUT2D eigenvalue weighted by molar-refractivity contribution is 6.12. The van der Waals surface area contributed by atoms with Gasteiger partial charge in [0.2, 0.25) is 0 Å². The van der Waals surface area contributed by atoms with E-state index in [4.69, 9.17) is 4.74 Å². The number of amides is 1. The van der Waals surface area contributed by atoms with Gasteiger partial charge in [-0.15, -0.1) is 0 Å². The van der Waals surface area contributed by atoms with Gasteiger partial charge in [-0.3, -0.25) is 4.79 Å². The fraction of sp³-hybridized carbons (Fsp3) is 0.0357. The van der Waals surface area contributed by atoms with Crippen molar-refractivity contribution in [3.63, 3.8) is 0 Å². The Morgan fingerprint density at radius 3 is 2.56 bits per heavy atom. The number of ether oxygens (including phenoxy) is 1. The van der Waals surface area contributed by atoms with E-state index >= 15 is 0 Å². The van der Waals surface area contributed by atoms with Gasteiger partial charge in [-0.05, 0) is 47.4 Å². The highest BCUT2D eigenvalue weighted by atomic mass is 16.5. The van der Waals surface area contributed by atoms with Crippen LogP contribution in [0.25, 0.3) is 27.9 Å². The molecule has 0 aliphatic rings. The number of benzene rings is 4. The van der Waals surface area contributed by atoms with Crippen molar-refractivity contribution >= 4 is 39.5 Å². The molecule has 6 nitrogen and oxygen atoms in total. The predicted octanol–water partition coefficient (Wildman–Crippen LogP) is 5.84. The molecule has 0 spiro atoms. The Morgan fingerprint density at radius 1 is 0.971 bits per heavy atom. The molecule has 0 saturated carbocycles. The van der Waals surface area contributed by atoms with Crippen LogP contribution in [0.3, 0.4) is 0 Å². The Labute approximate surface area is 196 Å². The zero-order chi connectivity index (χ0) is 23.3. The van der Waals surface area contributed by atoms with E-state index in [9.17, 15) is 10.1 Å². The average Bonchev–Trinajstić information content (AvgIpc) is 3.30. The van der Waals surface area contributed by atoms with Crippen molar-refractivity contribution in [2.75, 3.05) is 5.32 Å². The van der Waals surface area contributed by atoms with Gasteiger partial charge in [0.1, 0.15) is 29.8 Å². The average molecular weight is 444 g/mol. The van der Waals surface area contributed by atoms with Gasteiger partial charge in [0.05, 0.1) is 11.0 Å². The Morgan fingerprint density at radius 2 is 1.74 bits per heavy atom. The maximum Gasteiger partial charge on any atom is 0.266 e. The summed E-state index contributed by atoms with van der Waals surface area (Å²) >= 11 is 0. The molecule has 1 aromatic heterocycles. The third-order valence-corrected chi connectivity index (χ3v) is 5.41. The van der Waals surface area contributed by atoms with Crippen LogP contribution in [-0.4, -0.2) is 15.9 Å². The molecule has 0 aliphatic heterocycles. The van der Waals surface area contributed by atoms with Gasteiger partial charge in [-0.1, -0.05) is 60.7 Å². The number of fused-ring (bicyclic) bond motifs is 2. The van der Waals surface area contributed by atoms with Crippen molar-refractivity contribution in [3.05, 3.63) is 108 Å². The monoisotopic (exact) mass is 444 g/mol. The van der Waals surface area contributed by atoms with Crippen molar-refractivity contribution in [3.8, 4) is 11.8 Å². The van der Waals surface area contributed by atoms with Crippen LogP contribution in [0.1, 0.15) is 11.4 Å². The molecule has 5 rings (SSSR count). The topological polar surface area (TPSA) is 90.8 Å². The summed E-state index contributed by atoms with van der Waals surface area (Å²) in [7, 11) is 0. The van der Waals surface area contributed by atoms with E-state index in [0.717, 1.165) is 33.2 Å². The number of para-hydroxylation sites is 2. The Bertz CT molecular complexity index is 1520. The molecule has 1 heterocycles. The normalized spacial score (nSPS) is 11.3. The van der Waals surface area contributed by atoms with Crippen LogP contribution < -0.4 is 10.1 Å². The number of hydrogen-bond acceptors (Lipinski definition) is 4. The first-order valence-electron chi connectivity index (χ1n) is 10.8. The van der Waals surface area contributed by atoms with Gasteiger partial charge in [-0.25, -0.2) is 4.98 Å². The maximum atomic E-state index is 12.8. The highest BCUT2D eigenvalue weighted by Gasteiger charge is 2.11. The van der Waals surface area contributed by atoms with Crippen LogP contribution in [0.2, 0.25) is 0 Å². The molecule has 4 aromatic carbocycles. The number of anilines is 1. The summed E-state index contributed by atoms with van der Waals surface area (Å²) in [6.45, 7) is 0.306. The van der Waals surface area contributed by atoms with Crippen LogP contribution in [-0.2, 0) is 11.4 Å². The van der Waals surface area contributed by atoms with E-state index in [0.29, 0.717) is 18.0 Å². The Kier molecular flexibility index (Phi) is 5.74. The summed E-state index contributed by atoms with van der Waals surface area (Å²) in [5.74, 6) is 0.947. The summed E-state index contributed by atoms with van der Waals surface area (Å²) in [5, 5.41) is 14.3. The number of nitrogens with zero attached hydrogens (tertiary/aromatic N) is 2. The lowest BCUT2D eigenvalue weighted by molar-refractivity contribution is -0.112. The predicted molar refractivity (Wildman–Crippen MR) is 133 cm³/mol.